The summed E-state index contributed by atoms with van der Waals surface area (Å²) in [5.41, 5.74) is 2.74. The molecule has 0 aliphatic carbocycles. The number of halogens is 1. The minimum Gasteiger partial charge on any atom is -0.438 e. The SMILES string of the molecule is O=C(Nc1cccc([C@H]2OC(=O)N(Cc3ccc(F)cc3)[C@@H]2C(=O)Nc2ccccc2)c1)c1ccccc1. The van der Waals surface area contributed by atoms with E-state index in [9.17, 15) is 18.8 Å². The molecule has 38 heavy (non-hydrogen) atoms. The molecule has 4 aromatic carbocycles. The molecule has 2 N–H and O–H groups in total. The second-order valence-corrected chi connectivity index (χ2v) is 8.80. The number of hydrogen-bond acceptors (Lipinski definition) is 4. The summed E-state index contributed by atoms with van der Waals surface area (Å²) in [5, 5.41) is 5.70. The van der Waals surface area contributed by atoms with E-state index in [1.807, 2.05) is 12.1 Å². The van der Waals surface area contributed by atoms with Crippen LogP contribution in [-0.4, -0.2) is 28.8 Å². The number of hydrogen-bond donors (Lipinski definition) is 2. The van der Waals surface area contributed by atoms with Crippen LogP contribution in [0.15, 0.2) is 109 Å². The van der Waals surface area contributed by atoms with Crippen molar-refractivity contribution in [2.24, 2.45) is 0 Å². The van der Waals surface area contributed by atoms with Crippen LogP contribution in [0.25, 0.3) is 0 Å². The van der Waals surface area contributed by atoms with E-state index < -0.39 is 30.0 Å². The van der Waals surface area contributed by atoms with Crippen molar-refractivity contribution in [3.63, 3.8) is 0 Å². The predicted octanol–water partition coefficient (Wildman–Crippen LogP) is 5.78. The Bertz CT molecular complexity index is 1450. The number of nitrogens with one attached hydrogen (secondary N) is 2. The topological polar surface area (TPSA) is 87.7 Å². The lowest BCUT2D eigenvalue weighted by atomic mass is 10.00. The Morgan fingerprint density at radius 3 is 2.16 bits per heavy atom. The van der Waals surface area contributed by atoms with Crippen LogP contribution in [0.1, 0.15) is 27.6 Å². The highest BCUT2D eigenvalue weighted by Gasteiger charge is 2.47. The monoisotopic (exact) mass is 509 g/mol. The molecule has 1 aliphatic rings. The normalized spacial score (nSPS) is 16.6. The minimum absolute atomic E-state index is 0.0485. The summed E-state index contributed by atoms with van der Waals surface area (Å²) in [4.78, 5) is 40.5. The fourth-order valence-corrected chi connectivity index (χ4v) is 4.32. The van der Waals surface area contributed by atoms with Gasteiger partial charge in [0.25, 0.3) is 11.8 Å². The van der Waals surface area contributed by atoms with Crippen LogP contribution in [-0.2, 0) is 16.1 Å². The van der Waals surface area contributed by atoms with Gasteiger partial charge in [0.1, 0.15) is 5.82 Å². The summed E-state index contributed by atoms with van der Waals surface area (Å²) in [6.45, 7) is 0.0485. The fourth-order valence-electron chi connectivity index (χ4n) is 4.32. The average molecular weight is 510 g/mol. The van der Waals surface area contributed by atoms with Crippen molar-refractivity contribution in [2.75, 3.05) is 10.6 Å². The van der Waals surface area contributed by atoms with Gasteiger partial charge in [-0.15, -0.1) is 0 Å². The molecule has 1 fully saturated rings. The van der Waals surface area contributed by atoms with Gasteiger partial charge in [-0.3, -0.25) is 14.5 Å². The van der Waals surface area contributed by atoms with E-state index in [1.165, 1.54) is 17.0 Å². The van der Waals surface area contributed by atoms with Gasteiger partial charge >= 0.3 is 6.09 Å². The molecular formula is C30H24FN3O4. The molecule has 0 spiro atoms. The van der Waals surface area contributed by atoms with Crippen molar-refractivity contribution in [3.8, 4) is 0 Å². The third-order valence-electron chi connectivity index (χ3n) is 6.17. The summed E-state index contributed by atoms with van der Waals surface area (Å²) >= 11 is 0. The van der Waals surface area contributed by atoms with Crippen molar-refractivity contribution in [1.29, 1.82) is 0 Å². The molecule has 7 nitrogen and oxygen atoms in total. The average Bonchev–Trinajstić information content (AvgIpc) is 3.27. The van der Waals surface area contributed by atoms with E-state index in [2.05, 4.69) is 10.6 Å². The maximum Gasteiger partial charge on any atom is 0.411 e. The first-order chi connectivity index (χ1) is 18.5. The highest BCUT2D eigenvalue weighted by molar-refractivity contribution is 6.04. The van der Waals surface area contributed by atoms with Crippen LogP contribution < -0.4 is 10.6 Å². The predicted molar refractivity (Wildman–Crippen MR) is 141 cm³/mol. The number of nitrogens with zero attached hydrogens (tertiary/aromatic N) is 1. The van der Waals surface area contributed by atoms with Gasteiger partial charge in [-0.25, -0.2) is 9.18 Å². The van der Waals surface area contributed by atoms with E-state index >= 15 is 0 Å². The number of rotatable bonds is 7. The molecule has 2 atom stereocenters. The van der Waals surface area contributed by atoms with Gasteiger partial charge in [0, 0.05) is 16.9 Å². The number of benzene rings is 4. The number of cyclic esters (lactones) is 1. The Morgan fingerprint density at radius 2 is 1.45 bits per heavy atom. The zero-order chi connectivity index (χ0) is 26.5. The number of anilines is 2. The first-order valence-corrected chi connectivity index (χ1v) is 12.0. The van der Waals surface area contributed by atoms with Gasteiger partial charge in [0.15, 0.2) is 12.1 Å². The molecule has 0 aromatic heterocycles. The molecule has 5 rings (SSSR count). The molecule has 0 radical (unpaired) electrons. The maximum absolute atomic E-state index is 13.5. The van der Waals surface area contributed by atoms with Crippen LogP contribution in [0.3, 0.4) is 0 Å². The highest BCUT2D eigenvalue weighted by Crippen LogP contribution is 2.35. The minimum atomic E-state index is -1.02. The number of amides is 3. The first kappa shape index (κ1) is 24.7. The summed E-state index contributed by atoms with van der Waals surface area (Å²) in [7, 11) is 0. The van der Waals surface area contributed by atoms with Crippen LogP contribution >= 0.6 is 0 Å². The molecule has 4 aromatic rings. The van der Waals surface area contributed by atoms with Crippen LogP contribution in [0, 0.1) is 5.82 Å². The van der Waals surface area contributed by atoms with Crippen molar-refractivity contribution < 1.29 is 23.5 Å². The van der Waals surface area contributed by atoms with Gasteiger partial charge in [-0.2, -0.15) is 0 Å². The molecule has 1 saturated heterocycles. The summed E-state index contributed by atoms with van der Waals surface area (Å²) in [6, 6.07) is 29.2. The zero-order valence-corrected chi connectivity index (χ0v) is 20.2. The molecule has 1 aliphatic heterocycles. The zero-order valence-electron chi connectivity index (χ0n) is 20.2. The van der Waals surface area contributed by atoms with Gasteiger partial charge in [-0.1, -0.05) is 60.7 Å². The molecule has 1 heterocycles. The molecule has 0 unspecified atom stereocenters. The Labute approximate surface area is 218 Å². The van der Waals surface area contributed by atoms with Crippen molar-refractivity contribution >= 4 is 29.3 Å². The highest BCUT2D eigenvalue weighted by atomic mass is 19.1. The van der Waals surface area contributed by atoms with Gasteiger partial charge in [-0.05, 0) is 59.7 Å². The quantitative estimate of drug-likeness (QED) is 0.331. The number of carbonyl (C=O) groups excluding carboxylic acids is 3. The van der Waals surface area contributed by atoms with Crippen LogP contribution in [0.4, 0.5) is 20.6 Å². The smallest absolute Gasteiger partial charge is 0.411 e. The van der Waals surface area contributed by atoms with Crippen LogP contribution in [0.5, 0.6) is 0 Å². The van der Waals surface area contributed by atoms with E-state index in [4.69, 9.17) is 4.74 Å². The third kappa shape index (κ3) is 5.54. The Morgan fingerprint density at radius 1 is 0.789 bits per heavy atom. The molecular weight excluding hydrogens is 485 g/mol. The maximum atomic E-state index is 13.5. The molecule has 8 heteroatoms. The molecule has 0 bridgehead atoms. The lowest BCUT2D eigenvalue weighted by molar-refractivity contribution is -0.121. The third-order valence-corrected chi connectivity index (χ3v) is 6.17. The second-order valence-electron chi connectivity index (χ2n) is 8.80. The van der Waals surface area contributed by atoms with Crippen LogP contribution in [0.2, 0.25) is 0 Å². The lowest BCUT2D eigenvalue weighted by Gasteiger charge is -2.24. The van der Waals surface area contributed by atoms with Crippen molar-refractivity contribution in [2.45, 2.75) is 18.7 Å². The van der Waals surface area contributed by atoms with E-state index in [1.54, 1.807) is 84.9 Å². The lowest BCUT2D eigenvalue weighted by Crippen LogP contribution is -2.43. The molecule has 3 amide bonds. The number of para-hydroxylation sites is 1. The summed E-state index contributed by atoms with van der Waals surface area (Å²) in [5.74, 6) is -1.13. The summed E-state index contributed by atoms with van der Waals surface area (Å²) < 4.78 is 19.2. The number of carbonyl (C=O) groups is 3. The Hall–Kier alpha value is -4.98. The van der Waals surface area contributed by atoms with E-state index in [-0.39, 0.29) is 12.5 Å². The number of ether oxygens (including phenoxy) is 1. The van der Waals surface area contributed by atoms with Gasteiger partial charge in [0.05, 0.1) is 6.54 Å². The van der Waals surface area contributed by atoms with Crippen molar-refractivity contribution in [1.82, 2.24) is 4.90 Å². The standard InChI is InChI=1S/C30H24FN3O4/c31-23-16-14-20(15-17-23)19-34-26(29(36)32-24-11-5-2-6-12-24)27(38-30(34)37)22-10-7-13-25(18-22)33-28(35)21-8-3-1-4-9-21/h1-18,26-27H,19H2,(H,32,36)(H,33,35)/t26-,27+/m0/s1. The summed E-state index contributed by atoms with van der Waals surface area (Å²) in [6.07, 6.45) is -1.62. The fraction of sp³-hybridized carbons (Fsp3) is 0.100. The van der Waals surface area contributed by atoms with Crippen molar-refractivity contribution in [3.05, 3.63) is 132 Å². The van der Waals surface area contributed by atoms with Gasteiger partial charge in [0.2, 0.25) is 0 Å². The second kappa shape index (κ2) is 11.0. The molecule has 190 valence electrons. The largest absolute Gasteiger partial charge is 0.438 e. The van der Waals surface area contributed by atoms with E-state index in [0.717, 1.165) is 0 Å². The Kier molecular flexibility index (Phi) is 7.13. The van der Waals surface area contributed by atoms with Gasteiger partial charge < -0.3 is 15.4 Å². The van der Waals surface area contributed by atoms with E-state index in [0.29, 0.717) is 28.1 Å². The Balaban J connectivity index is 1.44. The first-order valence-electron chi connectivity index (χ1n) is 12.0. The molecule has 0 saturated carbocycles.